The van der Waals surface area contributed by atoms with Crippen molar-refractivity contribution in [3.63, 3.8) is 0 Å². The summed E-state index contributed by atoms with van der Waals surface area (Å²) in [5.74, 6) is -0.533. The van der Waals surface area contributed by atoms with E-state index in [1.54, 1.807) is 34.8 Å². The average molecular weight is 636 g/mol. The van der Waals surface area contributed by atoms with E-state index in [0.29, 0.717) is 37.7 Å². The topological polar surface area (TPSA) is 78.8 Å². The Kier molecular flexibility index (Phi) is 9.97. The summed E-state index contributed by atoms with van der Waals surface area (Å²) >= 11 is 0. The largest absolute Gasteiger partial charge is 0.418 e. The number of carbonyl (C=O) groups is 1. The number of likely N-dealkylation sites (N-methyl/N-ethyl adjacent to an activating group) is 2. The second-order valence-corrected chi connectivity index (χ2v) is 11.8. The van der Waals surface area contributed by atoms with E-state index < -0.39 is 17.6 Å². The van der Waals surface area contributed by atoms with E-state index in [1.807, 2.05) is 32.1 Å². The fraction of sp³-hybridized carbons (Fsp3) is 0.382. The van der Waals surface area contributed by atoms with Crippen LogP contribution < -0.4 is 15.1 Å². The van der Waals surface area contributed by atoms with E-state index >= 15 is 0 Å². The second-order valence-electron chi connectivity index (χ2n) is 11.8. The first-order valence-corrected chi connectivity index (χ1v) is 15.3. The number of nitrogens with one attached hydrogen (secondary N) is 1. The molecule has 2 heterocycles. The maximum atomic E-state index is 14.0. The lowest BCUT2D eigenvalue weighted by Gasteiger charge is -2.29. The molecule has 9 nitrogen and oxygen atoms in total. The number of anilines is 3. The highest BCUT2D eigenvalue weighted by Crippen LogP contribution is 2.38. The number of benzene rings is 3. The number of morpholine rings is 1. The van der Waals surface area contributed by atoms with Gasteiger partial charge in [0.15, 0.2) is 0 Å². The molecule has 1 fully saturated rings. The molecule has 5 rings (SSSR count). The number of hydrogen-bond acceptors (Lipinski definition) is 7. The third kappa shape index (κ3) is 7.68. The van der Waals surface area contributed by atoms with Gasteiger partial charge in [-0.3, -0.25) is 4.79 Å². The van der Waals surface area contributed by atoms with Crippen molar-refractivity contribution in [1.29, 1.82) is 0 Å². The molecule has 1 N–H and O–H groups in total. The normalized spacial score (nSPS) is 13.7. The van der Waals surface area contributed by atoms with Gasteiger partial charge in [0.1, 0.15) is 5.69 Å². The van der Waals surface area contributed by atoms with E-state index in [4.69, 9.17) is 4.74 Å². The van der Waals surface area contributed by atoms with Crippen LogP contribution in [0.1, 0.15) is 34.0 Å². The molecule has 0 spiro atoms. The minimum atomic E-state index is -4.59. The molecule has 0 atom stereocenters. The Bertz CT molecular complexity index is 1680. The molecule has 4 aromatic rings. The quantitative estimate of drug-likeness (QED) is 0.232. The number of alkyl halides is 3. The molecule has 0 bridgehead atoms. The zero-order valence-corrected chi connectivity index (χ0v) is 26.9. The van der Waals surface area contributed by atoms with Gasteiger partial charge < -0.3 is 24.8 Å². The maximum Gasteiger partial charge on any atom is 0.418 e. The lowest BCUT2D eigenvalue weighted by atomic mass is 10.0. The van der Waals surface area contributed by atoms with Crippen molar-refractivity contribution in [3.05, 3.63) is 83.0 Å². The van der Waals surface area contributed by atoms with Crippen molar-refractivity contribution in [1.82, 2.24) is 19.9 Å². The fourth-order valence-electron chi connectivity index (χ4n) is 5.39. The van der Waals surface area contributed by atoms with Crippen molar-refractivity contribution in [2.75, 3.05) is 75.7 Å². The molecule has 0 radical (unpaired) electrons. The standard InChI is InChI=1S/C34H40F3N7O2/c1-6-24-17-26(19-28(18-24)43-13-15-46-16-14-43)30-22-44(40-39-30)32-20-25(8-7-23(32)2)33(45)38-27-9-10-31(29(21-27)34(35,36)37)42(5)12-11-41(3)4/h7-10,17-22H,6,11-16H2,1-5H3,(H,38,45). The van der Waals surface area contributed by atoms with Crippen LogP contribution in [0.3, 0.4) is 0 Å². The summed E-state index contributed by atoms with van der Waals surface area (Å²) in [6.07, 6.45) is -1.90. The maximum absolute atomic E-state index is 14.0. The number of halogens is 3. The molecule has 0 unspecified atom stereocenters. The lowest BCUT2D eigenvalue weighted by molar-refractivity contribution is -0.137. The molecule has 46 heavy (non-hydrogen) atoms. The van der Waals surface area contributed by atoms with Gasteiger partial charge in [-0.15, -0.1) is 5.10 Å². The number of hydrogen-bond donors (Lipinski definition) is 1. The number of ether oxygens (including phenoxy) is 1. The van der Waals surface area contributed by atoms with Gasteiger partial charge in [0.25, 0.3) is 5.91 Å². The molecule has 1 aromatic heterocycles. The van der Waals surface area contributed by atoms with Crippen LogP contribution in [0.25, 0.3) is 16.9 Å². The summed E-state index contributed by atoms with van der Waals surface area (Å²) < 4.78 is 49.3. The number of rotatable bonds is 10. The highest BCUT2D eigenvalue weighted by Gasteiger charge is 2.35. The minimum absolute atomic E-state index is 0.0495. The zero-order chi connectivity index (χ0) is 33.0. The van der Waals surface area contributed by atoms with Gasteiger partial charge in [-0.2, -0.15) is 13.2 Å². The number of nitrogens with zero attached hydrogens (tertiary/aromatic N) is 6. The number of aromatic nitrogens is 3. The number of carbonyl (C=O) groups excluding carboxylic acids is 1. The smallest absolute Gasteiger partial charge is 0.378 e. The van der Waals surface area contributed by atoms with Crippen LogP contribution in [0.5, 0.6) is 0 Å². The molecule has 1 aliphatic heterocycles. The van der Waals surface area contributed by atoms with Gasteiger partial charge in [0.05, 0.1) is 30.7 Å². The first-order valence-electron chi connectivity index (χ1n) is 15.3. The van der Waals surface area contributed by atoms with Gasteiger partial charge in [0.2, 0.25) is 0 Å². The predicted octanol–water partition coefficient (Wildman–Crippen LogP) is 5.91. The van der Waals surface area contributed by atoms with E-state index in [0.717, 1.165) is 42.4 Å². The molecule has 3 aromatic carbocycles. The second kappa shape index (κ2) is 13.9. The Morgan fingerprint density at radius 2 is 1.76 bits per heavy atom. The summed E-state index contributed by atoms with van der Waals surface area (Å²) in [6.45, 7) is 8.04. The van der Waals surface area contributed by atoms with Crippen molar-refractivity contribution in [2.45, 2.75) is 26.4 Å². The summed E-state index contributed by atoms with van der Waals surface area (Å²) in [6, 6.07) is 15.4. The van der Waals surface area contributed by atoms with Crippen molar-refractivity contribution in [3.8, 4) is 16.9 Å². The molecule has 1 saturated heterocycles. The third-order valence-electron chi connectivity index (χ3n) is 8.12. The Balaban J connectivity index is 1.38. The summed E-state index contributed by atoms with van der Waals surface area (Å²) in [7, 11) is 5.35. The third-order valence-corrected chi connectivity index (χ3v) is 8.12. The van der Waals surface area contributed by atoms with E-state index in [9.17, 15) is 18.0 Å². The lowest BCUT2D eigenvalue weighted by Crippen LogP contribution is -2.36. The van der Waals surface area contributed by atoms with Crippen LogP contribution in [-0.2, 0) is 17.3 Å². The molecule has 244 valence electrons. The van der Waals surface area contributed by atoms with E-state index in [-0.39, 0.29) is 16.9 Å². The van der Waals surface area contributed by atoms with Gasteiger partial charge in [0, 0.05) is 61.4 Å². The number of aryl methyl sites for hydroxylation is 2. The average Bonchev–Trinajstić information content (AvgIpc) is 3.54. The first kappa shape index (κ1) is 33.0. The fourth-order valence-corrected chi connectivity index (χ4v) is 5.39. The minimum Gasteiger partial charge on any atom is -0.378 e. The van der Waals surface area contributed by atoms with Crippen LogP contribution in [0.4, 0.5) is 30.2 Å². The van der Waals surface area contributed by atoms with E-state index in [2.05, 4.69) is 45.7 Å². The Morgan fingerprint density at radius 3 is 2.46 bits per heavy atom. The highest BCUT2D eigenvalue weighted by molar-refractivity contribution is 6.04. The Labute approximate surface area is 267 Å². The number of amides is 1. The SMILES string of the molecule is CCc1cc(-c2cn(-c3cc(C(=O)Nc4ccc(N(C)CCN(C)C)c(C(F)(F)F)c4)ccc3C)nn2)cc(N2CCOCC2)c1. The summed E-state index contributed by atoms with van der Waals surface area (Å²) in [5, 5.41) is 11.4. The Hall–Kier alpha value is -4.42. The molecule has 1 amide bonds. The zero-order valence-electron chi connectivity index (χ0n) is 26.9. The first-order chi connectivity index (χ1) is 21.9. The van der Waals surface area contributed by atoms with Gasteiger partial charge in [-0.05, 0) is 87.1 Å². The van der Waals surface area contributed by atoms with Crippen molar-refractivity contribution in [2.24, 2.45) is 0 Å². The van der Waals surface area contributed by atoms with Crippen LogP contribution in [0.15, 0.2) is 60.8 Å². The van der Waals surface area contributed by atoms with Crippen LogP contribution in [-0.4, -0.2) is 86.3 Å². The molecular formula is C34H40F3N7O2. The van der Waals surface area contributed by atoms with Crippen molar-refractivity contribution >= 4 is 23.0 Å². The predicted molar refractivity (Wildman–Crippen MR) is 175 cm³/mol. The van der Waals surface area contributed by atoms with Crippen LogP contribution in [0, 0.1) is 6.92 Å². The Morgan fingerprint density at radius 1 is 1.00 bits per heavy atom. The summed E-state index contributed by atoms with van der Waals surface area (Å²) in [5.41, 5.74) is 5.00. The molecule has 0 aliphatic carbocycles. The van der Waals surface area contributed by atoms with Crippen LogP contribution in [0.2, 0.25) is 0 Å². The molecule has 12 heteroatoms. The molecular weight excluding hydrogens is 595 g/mol. The monoisotopic (exact) mass is 635 g/mol. The van der Waals surface area contributed by atoms with Crippen LogP contribution >= 0.6 is 0 Å². The summed E-state index contributed by atoms with van der Waals surface area (Å²) in [4.78, 5) is 19.1. The molecule has 1 aliphatic rings. The van der Waals surface area contributed by atoms with Gasteiger partial charge in [-0.25, -0.2) is 4.68 Å². The van der Waals surface area contributed by atoms with E-state index in [1.165, 1.54) is 17.7 Å². The van der Waals surface area contributed by atoms with Gasteiger partial charge in [-0.1, -0.05) is 18.2 Å². The highest BCUT2D eigenvalue weighted by atomic mass is 19.4. The van der Waals surface area contributed by atoms with Gasteiger partial charge >= 0.3 is 6.18 Å². The van der Waals surface area contributed by atoms with Crippen molar-refractivity contribution < 1.29 is 22.7 Å². The molecule has 0 saturated carbocycles.